The lowest BCUT2D eigenvalue weighted by atomic mass is 10.0. The van der Waals surface area contributed by atoms with Gasteiger partial charge in [0.15, 0.2) is 0 Å². The molecule has 174 valence electrons. The molecular weight excluding hydrogens is 463 g/mol. The Morgan fingerprint density at radius 2 is 1.55 bits per heavy atom. The van der Waals surface area contributed by atoms with Gasteiger partial charge in [-0.15, -0.1) is 0 Å². The third-order valence-electron chi connectivity index (χ3n) is 4.73. The first-order valence-electron chi connectivity index (χ1n) is 9.66. The fourth-order valence-electron chi connectivity index (χ4n) is 2.98. The molecule has 0 fully saturated rings. The van der Waals surface area contributed by atoms with E-state index in [2.05, 4.69) is 5.32 Å². The fourth-order valence-corrected chi connectivity index (χ4v) is 3.95. The third-order valence-corrected chi connectivity index (χ3v) is 6.10. The second kappa shape index (κ2) is 10.2. The van der Waals surface area contributed by atoms with Gasteiger partial charge in [0.1, 0.15) is 22.6 Å². The van der Waals surface area contributed by atoms with Crippen molar-refractivity contribution in [2.75, 3.05) is 13.6 Å². The van der Waals surface area contributed by atoms with E-state index in [0.717, 1.165) is 24.3 Å². The van der Waals surface area contributed by atoms with E-state index in [-0.39, 0.29) is 18.7 Å². The molecule has 0 saturated heterocycles. The molecule has 0 aromatic heterocycles. The van der Waals surface area contributed by atoms with Crippen LogP contribution in [0, 0.1) is 11.6 Å². The molecule has 3 aromatic rings. The Bertz CT molecular complexity index is 1150. The Labute approximate surface area is 189 Å². The Morgan fingerprint density at radius 3 is 2.15 bits per heavy atom. The quantitative estimate of drug-likeness (QED) is 0.486. The van der Waals surface area contributed by atoms with Gasteiger partial charge in [0.05, 0.1) is 17.0 Å². The van der Waals surface area contributed by atoms with Crippen molar-refractivity contribution in [3.63, 3.8) is 0 Å². The number of halogens is 5. The second-order valence-corrected chi connectivity index (χ2v) is 8.74. The van der Waals surface area contributed by atoms with Crippen LogP contribution in [0.5, 0.6) is 0 Å². The number of nitrogens with zero attached hydrogens (tertiary/aromatic N) is 1. The van der Waals surface area contributed by atoms with Gasteiger partial charge in [0.25, 0.3) is 0 Å². The van der Waals surface area contributed by atoms with Gasteiger partial charge in [0.2, 0.25) is 5.91 Å². The van der Waals surface area contributed by atoms with Crippen molar-refractivity contribution >= 4 is 16.9 Å². The highest BCUT2D eigenvalue weighted by atomic mass is 32.2. The summed E-state index contributed by atoms with van der Waals surface area (Å²) in [5, 5.41) is 2.53. The Hall–Kier alpha value is -3.11. The van der Waals surface area contributed by atoms with Crippen LogP contribution < -0.4 is 5.32 Å². The smallest absolute Gasteiger partial charge is 0.351 e. The van der Waals surface area contributed by atoms with Crippen molar-refractivity contribution < 1.29 is 31.0 Å². The summed E-state index contributed by atoms with van der Waals surface area (Å²) in [4.78, 5) is 12.6. The summed E-state index contributed by atoms with van der Waals surface area (Å²) in [6.45, 7) is -0.430. The number of carbonyl (C=O) groups excluding carboxylic acids is 1. The minimum atomic E-state index is -4.45. The number of rotatable bonds is 7. The fraction of sp³-hybridized carbons (Fsp3) is 0.174. The number of hydrogen-bond donors (Lipinski definition) is 1. The highest BCUT2D eigenvalue weighted by Gasteiger charge is 2.30. The number of alkyl halides is 3. The van der Waals surface area contributed by atoms with Gasteiger partial charge in [-0.25, -0.2) is 17.3 Å². The zero-order chi connectivity index (χ0) is 24.2. The zero-order valence-corrected chi connectivity index (χ0v) is 18.1. The van der Waals surface area contributed by atoms with Crippen LogP contribution in [0.4, 0.5) is 22.0 Å². The third kappa shape index (κ3) is 6.45. The molecule has 0 bridgehead atoms. The average molecular weight is 482 g/mol. The van der Waals surface area contributed by atoms with Crippen molar-refractivity contribution in [3.05, 3.63) is 89.5 Å². The number of nitrogens with one attached hydrogen (secondary N) is 1. The molecule has 0 aliphatic rings. The van der Waals surface area contributed by atoms with Crippen LogP contribution in [0.3, 0.4) is 0 Å². The molecule has 0 saturated carbocycles. The predicted molar refractivity (Wildman–Crippen MR) is 114 cm³/mol. The molecule has 1 atom stereocenters. The molecule has 33 heavy (non-hydrogen) atoms. The van der Waals surface area contributed by atoms with E-state index in [1.807, 2.05) is 0 Å². The summed E-state index contributed by atoms with van der Waals surface area (Å²) < 4.78 is 79.1. The molecule has 1 amide bonds. The van der Waals surface area contributed by atoms with Gasteiger partial charge in [-0.1, -0.05) is 18.2 Å². The van der Waals surface area contributed by atoms with Crippen molar-refractivity contribution in [3.8, 4) is 11.1 Å². The lowest BCUT2D eigenvalue weighted by Crippen LogP contribution is -2.35. The second-order valence-electron chi connectivity index (χ2n) is 7.15. The molecule has 0 spiro atoms. The van der Waals surface area contributed by atoms with Crippen molar-refractivity contribution in [1.82, 2.24) is 9.62 Å². The van der Waals surface area contributed by atoms with Crippen LogP contribution in [0.2, 0.25) is 0 Å². The van der Waals surface area contributed by atoms with Crippen LogP contribution in [-0.4, -0.2) is 28.0 Å². The largest absolute Gasteiger partial charge is 0.416 e. The maximum absolute atomic E-state index is 14.2. The minimum absolute atomic E-state index is 0.142. The molecule has 0 aliphatic heterocycles. The highest BCUT2D eigenvalue weighted by molar-refractivity contribution is 7.82. The van der Waals surface area contributed by atoms with E-state index in [4.69, 9.17) is 0 Å². The first-order valence-corrected chi connectivity index (χ1v) is 10.8. The van der Waals surface area contributed by atoms with Gasteiger partial charge in [-0.05, 0) is 59.7 Å². The Balaban J connectivity index is 1.63. The van der Waals surface area contributed by atoms with Crippen molar-refractivity contribution in [2.24, 2.45) is 0 Å². The van der Waals surface area contributed by atoms with E-state index < -0.39 is 40.3 Å². The summed E-state index contributed by atoms with van der Waals surface area (Å²) in [7, 11) is -0.246. The maximum atomic E-state index is 14.2. The molecule has 3 rings (SSSR count). The summed E-state index contributed by atoms with van der Waals surface area (Å²) in [5.74, 6) is -1.59. The number of benzene rings is 3. The number of carbonyl (C=O) groups is 1. The first-order chi connectivity index (χ1) is 15.5. The SMILES string of the molecule is CN(CC(=O)NCc1cc(-c2ccc(C(F)(F)F)cc2)ccc1F)S(=O)c1ccc(F)cc1. The lowest BCUT2D eigenvalue weighted by Gasteiger charge is -2.16. The molecule has 1 unspecified atom stereocenters. The summed E-state index contributed by atoms with van der Waals surface area (Å²) in [5.41, 5.74) is 0.306. The first kappa shape index (κ1) is 24.5. The normalized spacial score (nSPS) is 12.6. The van der Waals surface area contributed by atoms with Crippen molar-refractivity contribution in [1.29, 1.82) is 0 Å². The lowest BCUT2D eigenvalue weighted by molar-refractivity contribution is -0.137. The number of likely N-dealkylation sites (N-methyl/N-ethyl adjacent to an activating group) is 1. The van der Waals surface area contributed by atoms with Crippen LogP contribution in [0.15, 0.2) is 71.6 Å². The monoisotopic (exact) mass is 482 g/mol. The van der Waals surface area contributed by atoms with Crippen molar-refractivity contribution in [2.45, 2.75) is 17.6 Å². The molecule has 1 N–H and O–H groups in total. The van der Waals surface area contributed by atoms with Gasteiger partial charge in [-0.3, -0.25) is 4.79 Å². The van der Waals surface area contributed by atoms with E-state index in [1.165, 1.54) is 53.8 Å². The van der Waals surface area contributed by atoms with Crippen LogP contribution >= 0.6 is 0 Å². The summed E-state index contributed by atoms with van der Waals surface area (Å²) in [6.07, 6.45) is -4.45. The predicted octanol–water partition coefficient (Wildman–Crippen LogP) is 4.92. The maximum Gasteiger partial charge on any atom is 0.416 e. The van der Waals surface area contributed by atoms with Gasteiger partial charge in [-0.2, -0.15) is 13.2 Å². The Morgan fingerprint density at radius 1 is 0.939 bits per heavy atom. The number of amides is 1. The molecule has 0 heterocycles. The van der Waals surface area contributed by atoms with Gasteiger partial charge < -0.3 is 5.32 Å². The van der Waals surface area contributed by atoms with E-state index in [0.29, 0.717) is 16.0 Å². The van der Waals surface area contributed by atoms with E-state index >= 15 is 0 Å². The standard InChI is InChI=1S/C23H19F5N2O2S/c1-30(33(32)20-9-7-19(24)8-10-20)14-22(31)29-13-17-12-16(4-11-21(17)25)15-2-5-18(6-3-15)23(26,27)28/h2-12H,13-14H2,1H3,(H,29,31). The minimum Gasteiger partial charge on any atom is -0.351 e. The zero-order valence-electron chi connectivity index (χ0n) is 17.3. The summed E-state index contributed by atoms with van der Waals surface area (Å²) >= 11 is 0. The number of hydrogen-bond acceptors (Lipinski definition) is 2. The molecule has 4 nitrogen and oxygen atoms in total. The van der Waals surface area contributed by atoms with Crippen LogP contribution in [0.25, 0.3) is 11.1 Å². The van der Waals surface area contributed by atoms with Crippen LogP contribution in [0.1, 0.15) is 11.1 Å². The molecule has 3 aromatic carbocycles. The Kier molecular flexibility index (Phi) is 7.60. The molecule has 10 heteroatoms. The molecule has 0 radical (unpaired) electrons. The molecular formula is C23H19F5N2O2S. The molecule has 0 aliphatic carbocycles. The average Bonchev–Trinajstić information content (AvgIpc) is 2.78. The topological polar surface area (TPSA) is 49.4 Å². The van der Waals surface area contributed by atoms with E-state index in [1.54, 1.807) is 0 Å². The van der Waals surface area contributed by atoms with E-state index in [9.17, 15) is 31.0 Å². The summed E-state index contributed by atoms with van der Waals surface area (Å²) in [6, 6.07) is 13.5. The van der Waals surface area contributed by atoms with Gasteiger partial charge in [0, 0.05) is 19.2 Å². The highest BCUT2D eigenvalue weighted by Crippen LogP contribution is 2.31. The van der Waals surface area contributed by atoms with Gasteiger partial charge >= 0.3 is 6.18 Å². The van der Waals surface area contributed by atoms with Crippen LogP contribution in [-0.2, 0) is 28.5 Å².